The first-order valence-corrected chi connectivity index (χ1v) is 8.26. The molecule has 5 heteroatoms. The Labute approximate surface area is 152 Å². The van der Waals surface area contributed by atoms with Crippen LogP contribution in [-0.4, -0.2) is 25.5 Å². The second-order valence-electron chi connectivity index (χ2n) is 5.56. The lowest BCUT2D eigenvalue weighted by Crippen LogP contribution is -1.85. The molecule has 0 aliphatic carbocycles. The van der Waals surface area contributed by atoms with E-state index in [0.29, 0.717) is 5.56 Å². The molecule has 0 radical (unpaired) electrons. The molecule has 3 aromatic carbocycles. The quantitative estimate of drug-likeness (QED) is 0.333. The lowest BCUT2D eigenvalue weighted by atomic mass is 9.98. The molecule has 136 valence electrons. The van der Waals surface area contributed by atoms with Crippen molar-refractivity contribution >= 4 is 0 Å². The van der Waals surface area contributed by atoms with Crippen LogP contribution in [0.1, 0.15) is 19.4 Å². The van der Waals surface area contributed by atoms with E-state index >= 15 is 0 Å². The van der Waals surface area contributed by atoms with E-state index in [9.17, 15) is 25.5 Å². The number of hydrogen-bond acceptors (Lipinski definition) is 5. The van der Waals surface area contributed by atoms with Crippen LogP contribution < -0.4 is 0 Å². The maximum atomic E-state index is 9.97. The predicted molar refractivity (Wildman–Crippen MR) is 102 cm³/mol. The van der Waals surface area contributed by atoms with Gasteiger partial charge in [0.1, 0.15) is 0 Å². The molecule has 0 fully saturated rings. The van der Waals surface area contributed by atoms with Crippen LogP contribution in [-0.2, 0) is 0 Å². The van der Waals surface area contributed by atoms with E-state index in [1.807, 2.05) is 45.0 Å². The van der Waals surface area contributed by atoms with Crippen molar-refractivity contribution in [3.8, 4) is 51.0 Å². The molecule has 0 amide bonds. The molecule has 5 nitrogen and oxygen atoms in total. The fourth-order valence-corrected chi connectivity index (χ4v) is 2.53. The molecule has 26 heavy (non-hydrogen) atoms. The molecule has 0 saturated carbocycles. The van der Waals surface area contributed by atoms with Gasteiger partial charge in [0, 0.05) is 0 Å². The molecule has 0 aliphatic rings. The van der Waals surface area contributed by atoms with E-state index in [1.165, 1.54) is 0 Å². The van der Waals surface area contributed by atoms with Gasteiger partial charge in [0.25, 0.3) is 0 Å². The van der Waals surface area contributed by atoms with E-state index in [-0.39, 0.29) is 5.56 Å². The minimum Gasteiger partial charge on any atom is -0.504 e. The van der Waals surface area contributed by atoms with E-state index in [0.717, 1.165) is 16.7 Å². The van der Waals surface area contributed by atoms with E-state index in [4.69, 9.17) is 0 Å². The monoisotopic (exact) mass is 354 g/mol. The summed E-state index contributed by atoms with van der Waals surface area (Å²) in [6.07, 6.45) is 0. The summed E-state index contributed by atoms with van der Waals surface area (Å²) in [5.41, 5.74) is 3.33. The van der Waals surface area contributed by atoms with Gasteiger partial charge >= 0.3 is 0 Å². The van der Waals surface area contributed by atoms with Gasteiger partial charge in [-0.2, -0.15) is 0 Å². The highest BCUT2D eigenvalue weighted by atomic mass is 16.4. The molecule has 5 N–H and O–H groups in total. The highest BCUT2D eigenvalue weighted by Gasteiger charge is 2.24. The summed E-state index contributed by atoms with van der Waals surface area (Å²) in [6.45, 7) is 6.00. The maximum Gasteiger partial charge on any atom is 0.208 e. The minimum absolute atomic E-state index is 0.154. The topological polar surface area (TPSA) is 101 Å². The van der Waals surface area contributed by atoms with Crippen molar-refractivity contribution in [2.24, 2.45) is 0 Å². The Balaban J connectivity index is 0.00000117. The summed E-state index contributed by atoms with van der Waals surface area (Å²) in [5, 5.41) is 48.7. The summed E-state index contributed by atoms with van der Waals surface area (Å²) in [4.78, 5) is 0. The zero-order valence-corrected chi connectivity index (χ0v) is 14.9. The van der Waals surface area contributed by atoms with Gasteiger partial charge in [-0.05, 0) is 23.6 Å². The summed E-state index contributed by atoms with van der Waals surface area (Å²) in [6, 6.07) is 14.8. The second kappa shape index (κ2) is 7.70. The van der Waals surface area contributed by atoms with Crippen molar-refractivity contribution in [1.29, 1.82) is 0 Å². The lowest BCUT2D eigenvalue weighted by Gasteiger charge is -2.13. The Hall–Kier alpha value is -3.34. The standard InChI is InChI=1S/C19H16O5.C2H6/c1-10-2-4-11(5-3-10)12-6-8-13(9-7-12)14-15(20)17(22)19(24)18(23)16(14)21;1-2/h2-9,20-24H,1H3;1-2H3. The van der Waals surface area contributed by atoms with Crippen molar-refractivity contribution < 1.29 is 25.5 Å². The van der Waals surface area contributed by atoms with Crippen LogP contribution in [0.3, 0.4) is 0 Å². The molecule has 0 aliphatic heterocycles. The number of benzene rings is 3. The minimum atomic E-state index is -0.968. The maximum absolute atomic E-state index is 9.97. The van der Waals surface area contributed by atoms with Gasteiger partial charge in [0.05, 0.1) is 5.56 Å². The Morgan fingerprint density at radius 1 is 0.462 bits per heavy atom. The van der Waals surface area contributed by atoms with E-state index < -0.39 is 28.7 Å². The van der Waals surface area contributed by atoms with Gasteiger partial charge in [-0.1, -0.05) is 67.9 Å². The molecule has 0 unspecified atom stereocenters. The third-order valence-electron chi connectivity index (χ3n) is 3.93. The van der Waals surface area contributed by atoms with Gasteiger partial charge in [0.2, 0.25) is 17.2 Å². The Bertz CT molecular complexity index is 868. The van der Waals surface area contributed by atoms with Gasteiger partial charge < -0.3 is 25.5 Å². The predicted octanol–water partition coefficient (Wildman–Crippen LogP) is 4.88. The average molecular weight is 354 g/mol. The first-order chi connectivity index (χ1) is 12.4. The number of phenols is 5. The number of phenolic OH excluding ortho intramolecular Hbond substituents is 5. The van der Waals surface area contributed by atoms with Crippen molar-refractivity contribution in [3.63, 3.8) is 0 Å². The fraction of sp³-hybridized carbons (Fsp3) is 0.143. The summed E-state index contributed by atoms with van der Waals surface area (Å²) in [7, 11) is 0. The van der Waals surface area contributed by atoms with Crippen molar-refractivity contribution in [3.05, 3.63) is 54.1 Å². The number of aryl methyl sites for hydroxylation is 1. The van der Waals surface area contributed by atoms with Crippen molar-refractivity contribution in [1.82, 2.24) is 0 Å². The summed E-state index contributed by atoms with van der Waals surface area (Å²) < 4.78 is 0. The van der Waals surface area contributed by atoms with Gasteiger partial charge in [-0.25, -0.2) is 0 Å². The number of rotatable bonds is 2. The normalized spacial score (nSPS) is 10.1. The first-order valence-electron chi connectivity index (χ1n) is 8.26. The largest absolute Gasteiger partial charge is 0.504 e. The Morgan fingerprint density at radius 3 is 1.19 bits per heavy atom. The van der Waals surface area contributed by atoms with Gasteiger partial charge in [-0.3, -0.25) is 0 Å². The first kappa shape index (κ1) is 19.0. The van der Waals surface area contributed by atoms with E-state index in [2.05, 4.69) is 0 Å². The third-order valence-corrected chi connectivity index (χ3v) is 3.93. The second-order valence-corrected chi connectivity index (χ2v) is 5.56. The van der Waals surface area contributed by atoms with Crippen molar-refractivity contribution in [2.45, 2.75) is 20.8 Å². The molecule has 3 aromatic rings. The van der Waals surface area contributed by atoms with Gasteiger partial charge in [0.15, 0.2) is 11.5 Å². The van der Waals surface area contributed by atoms with Crippen LogP contribution in [0.2, 0.25) is 0 Å². The molecular formula is C21H22O5. The zero-order valence-electron chi connectivity index (χ0n) is 14.9. The Kier molecular flexibility index (Phi) is 5.62. The summed E-state index contributed by atoms with van der Waals surface area (Å²) >= 11 is 0. The van der Waals surface area contributed by atoms with Gasteiger partial charge in [-0.15, -0.1) is 0 Å². The summed E-state index contributed by atoms with van der Waals surface area (Å²) in [5.74, 6) is -4.15. The molecule has 0 aromatic heterocycles. The number of hydrogen-bond donors (Lipinski definition) is 5. The SMILES string of the molecule is CC.Cc1ccc(-c2ccc(-c3c(O)c(O)c(O)c(O)c3O)cc2)cc1. The molecule has 0 heterocycles. The third kappa shape index (κ3) is 3.37. The van der Waals surface area contributed by atoms with Crippen LogP contribution in [0.5, 0.6) is 28.7 Å². The van der Waals surface area contributed by atoms with Crippen LogP contribution in [0, 0.1) is 6.92 Å². The molecule has 3 rings (SSSR count). The van der Waals surface area contributed by atoms with Crippen molar-refractivity contribution in [2.75, 3.05) is 0 Å². The molecule has 0 bridgehead atoms. The Morgan fingerprint density at radius 2 is 0.769 bits per heavy atom. The average Bonchev–Trinajstić information content (AvgIpc) is 2.68. The number of aromatic hydroxyl groups is 5. The van der Waals surface area contributed by atoms with Crippen LogP contribution in [0.25, 0.3) is 22.3 Å². The highest BCUT2D eigenvalue weighted by molar-refractivity contribution is 5.85. The lowest BCUT2D eigenvalue weighted by molar-refractivity contribution is 0.330. The zero-order chi connectivity index (χ0) is 19.4. The van der Waals surface area contributed by atoms with Crippen LogP contribution >= 0.6 is 0 Å². The molecular weight excluding hydrogens is 332 g/mol. The molecule has 0 spiro atoms. The smallest absolute Gasteiger partial charge is 0.208 e. The highest BCUT2D eigenvalue weighted by Crippen LogP contribution is 2.54. The van der Waals surface area contributed by atoms with Crippen LogP contribution in [0.4, 0.5) is 0 Å². The van der Waals surface area contributed by atoms with E-state index in [1.54, 1.807) is 24.3 Å². The van der Waals surface area contributed by atoms with Crippen LogP contribution in [0.15, 0.2) is 48.5 Å². The molecule has 0 atom stereocenters. The fourth-order valence-electron chi connectivity index (χ4n) is 2.53. The molecule has 0 saturated heterocycles.